The monoisotopic (exact) mass is 241 g/mol. The van der Waals surface area contributed by atoms with E-state index >= 15 is 0 Å². The standard InChI is InChI=1S/C14H15N3O/c18-14(13-8-15-16-9-13)17-7-3-6-11-4-1-2-5-12(11)10-17/h1-2,4-5,8-9H,3,6-7,10H2,(H,15,16). The Hall–Kier alpha value is -2.10. The van der Waals surface area contributed by atoms with E-state index in [0.717, 1.165) is 19.4 Å². The molecule has 0 bridgehead atoms. The number of carbonyl (C=O) groups is 1. The zero-order valence-corrected chi connectivity index (χ0v) is 10.1. The van der Waals surface area contributed by atoms with Crippen LogP contribution in [-0.2, 0) is 13.0 Å². The molecule has 4 nitrogen and oxygen atoms in total. The maximum atomic E-state index is 12.3. The predicted molar refractivity (Wildman–Crippen MR) is 68.1 cm³/mol. The SMILES string of the molecule is O=C(c1cn[nH]c1)N1CCCc2ccccc2C1. The summed E-state index contributed by atoms with van der Waals surface area (Å²) in [6.07, 6.45) is 5.30. The number of aromatic amines is 1. The van der Waals surface area contributed by atoms with Gasteiger partial charge >= 0.3 is 0 Å². The van der Waals surface area contributed by atoms with Gasteiger partial charge in [-0.05, 0) is 24.0 Å². The maximum Gasteiger partial charge on any atom is 0.257 e. The van der Waals surface area contributed by atoms with E-state index in [0.29, 0.717) is 12.1 Å². The third-order valence-corrected chi connectivity index (χ3v) is 3.39. The summed E-state index contributed by atoms with van der Waals surface area (Å²) in [7, 11) is 0. The van der Waals surface area contributed by atoms with Gasteiger partial charge in [-0.1, -0.05) is 24.3 Å². The van der Waals surface area contributed by atoms with Crippen molar-refractivity contribution in [2.45, 2.75) is 19.4 Å². The lowest BCUT2D eigenvalue weighted by Crippen LogP contribution is -2.30. The first kappa shape index (κ1) is 11.0. The van der Waals surface area contributed by atoms with Crippen molar-refractivity contribution in [2.75, 3.05) is 6.54 Å². The lowest BCUT2D eigenvalue weighted by atomic mass is 10.0. The van der Waals surface area contributed by atoms with Gasteiger partial charge in [0, 0.05) is 19.3 Å². The van der Waals surface area contributed by atoms with Crippen molar-refractivity contribution in [3.05, 3.63) is 53.3 Å². The third-order valence-electron chi connectivity index (χ3n) is 3.39. The minimum absolute atomic E-state index is 0.0560. The molecule has 2 aromatic rings. The van der Waals surface area contributed by atoms with E-state index in [1.807, 2.05) is 11.0 Å². The van der Waals surface area contributed by atoms with Crippen molar-refractivity contribution in [2.24, 2.45) is 0 Å². The second kappa shape index (κ2) is 4.64. The number of rotatable bonds is 1. The minimum atomic E-state index is 0.0560. The third kappa shape index (κ3) is 2.01. The molecule has 0 saturated carbocycles. The normalized spacial score (nSPS) is 15.0. The maximum absolute atomic E-state index is 12.3. The summed E-state index contributed by atoms with van der Waals surface area (Å²) in [4.78, 5) is 14.2. The zero-order valence-electron chi connectivity index (χ0n) is 10.1. The Morgan fingerprint density at radius 3 is 2.89 bits per heavy atom. The van der Waals surface area contributed by atoms with Gasteiger partial charge < -0.3 is 4.90 Å². The van der Waals surface area contributed by atoms with Crippen LogP contribution in [0, 0.1) is 0 Å². The number of benzene rings is 1. The Balaban J connectivity index is 1.85. The Bertz CT molecular complexity index is 548. The Morgan fingerprint density at radius 2 is 2.11 bits per heavy atom. The molecular weight excluding hydrogens is 226 g/mol. The van der Waals surface area contributed by atoms with Gasteiger partial charge in [-0.2, -0.15) is 5.10 Å². The fraction of sp³-hybridized carbons (Fsp3) is 0.286. The molecule has 1 aromatic carbocycles. The van der Waals surface area contributed by atoms with Gasteiger partial charge in [0.1, 0.15) is 0 Å². The van der Waals surface area contributed by atoms with Gasteiger partial charge in [0.15, 0.2) is 0 Å². The second-order valence-corrected chi connectivity index (χ2v) is 4.59. The first-order valence-corrected chi connectivity index (χ1v) is 6.19. The second-order valence-electron chi connectivity index (χ2n) is 4.59. The highest BCUT2D eigenvalue weighted by Gasteiger charge is 2.20. The van der Waals surface area contributed by atoms with E-state index in [2.05, 4.69) is 28.4 Å². The smallest absolute Gasteiger partial charge is 0.257 e. The van der Waals surface area contributed by atoms with Gasteiger partial charge in [-0.3, -0.25) is 9.89 Å². The number of aryl methyl sites for hydroxylation is 1. The highest BCUT2D eigenvalue weighted by atomic mass is 16.2. The van der Waals surface area contributed by atoms with Crippen LogP contribution in [0.25, 0.3) is 0 Å². The Morgan fingerprint density at radius 1 is 1.28 bits per heavy atom. The molecule has 0 atom stereocenters. The predicted octanol–water partition coefficient (Wildman–Crippen LogP) is 2.00. The molecule has 0 fully saturated rings. The number of amides is 1. The van der Waals surface area contributed by atoms with Crippen molar-refractivity contribution in [1.29, 1.82) is 0 Å². The van der Waals surface area contributed by atoms with Crippen LogP contribution in [0.5, 0.6) is 0 Å². The molecule has 92 valence electrons. The summed E-state index contributed by atoms with van der Waals surface area (Å²) < 4.78 is 0. The Kier molecular flexibility index (Phi) is 2.84. The van der Waals surface area contributed by atoms with E-state index in [1.54, 1.807) is 12.4 Å². The topological polar surface area (TPSA) is 49.0 Å². The van der Waals surface area contributed by atoms with Crippen molar-refractivity contribution in [3.8, 4) is 0 Å². The zero-order chi connectivity index (χ0) is 12.4. The van der Waals surface area contributed by atoms with Crippen molar-refractivity contribution in [1.82, 2.24) is 15.1 Å². The van der Waals surface area contributed by atoms with Gasteiger partial charge in [-0.25, -0.2) is 0 Å². The van der Waals surface area contributed by atoms with Crippen molar-refractivity contribution in [3.63, 3.8) is 0 Å². The number of hydrogen-bond donors (Lipinski definition) is 1. The number of carbonyl (C=O) groups excluding carboxylic acids is 1. The highest BCUT2D eigenvalue weighted by molar-refractivity contribution is 5.93. The van der Waals surface area contributed by atoms with Crippen LogP contribution in [0.3, 0.4) is 0 Å². The first-order chi connectivity index (χ1) is 8.84. The number of H-pyrrole nitrogens is 1. The molecule has 1 aliphatic heterocycles. The molecule has 0 saturated heterocycles. The molecule has 3 rings (SSSR count). The number of aromatic nitrogens is 2. The molecule has 0 aliphatic carbocycles. The summed E-state index contributed by atoms with van der Waals surface area (Å²) >= 11 is 0. The lowest BCUT2D eigenvalue weighted by molar-refractivity contribution is 0.0746. The average molecular weight is 241 g/mol. The summed E-state index contributed by atoms with van der Waals surface area (Å²) in [5, 5.41) is 6.52. The number of nitrogens with zero attached hydrogens (tertiary/aromatic N) is 2. The van der Waals surface area contributed by atoms with Crippen LogP contribution in [0.15, 0.2) is 36.7 Å². The molecule has 0 spiro atoms. The van der Waals surface area contributed by atoms with E-state index in [-0.39, 0.29) is 5.91 Å². The van der Waals surface area contributed by atoms with Gasteiger partial charge in [-0.15, -0.1) is 0 Å². The number of hydrogen-bond acceptors (Lipinski definition) is 2. The quantitative estimate of drug-likeness (QED) is 0.830. The average Bonchev–Trinajstić information content (AvgIpc) is 2.84. The number of nitrogens with one attached hydrogen (secondary N) is 1. The fourth-order valence-electron chi connectivity index (χ4n) is 2.42. The lowest BCUT2D eigenvalue weighted by Gasteiger charge is -2.20. The van der Waals surface area contributed by atoms with Crippen molar-refractivity contribution >= 4 is 5.91 Å². The molecule has 18 heavy (non-hydrogen) atoms. The molecule has 1 aliphatic rings. The summed E-state index contributed by atoms with van der Waals surface area (Å²) in [5.41, 5.74) is 3.25. The summed E-state index contributed by atoms with van der Waals surface area (Å²) in [6.45, 7) is 1.50. The molecule has 1 N–H and O–H groups in total. The highest BCUT2D eigenvalue weighted by Crippen LogP contribution is 2.19. The molecule has 4 heteroatoms. The van der Waals surface area contributed by atoms with Crippen LogP contribution in [0.4, 0.5) is 0 Å². The van der Waals surface area contributed by atoms with Gasteiger partial charge in [0.05, 0.1) is 11.8 Å². The molecule has 0 radical (unpaired) electrons. The molecule has 1 amide bonds. The van der Waals surface area contributed by atoms with Crippen LogP contribution < -0.4 is 0 Å². The van der Waals surface area contributed by atoms with Crippen LogP contribution >= 0.6 is 0 Å². The summed E-state index contributed by atoms with van der Waals surface area (Å²) in [6, 6.07) is 8.36. The van der Waals surface area contributed by atoms with Crippen LogP contribution in [0.1, 0.15) is 27.9 Å². The van der Waals surface area contributed by atoms with Gasteiger partial charge in [0.2, 0.25) is 0 Å². The molecule has 2 heterocycles. The molecular formula is C14H15N3O. The summed E-state index contributed by atoms with van der Waals surface area (Å²) in [5.74, 6) is 0.0560. The van der Waals surface area contributed by atoms with Crippen molar-refractivity contribution < 1.29 is 4.79 Å². The van der Waals surface area contributed by atoms with E-state index in [4.69, 9.17) is 0 Å². The van der Waals surface area contributed by atoms with E-state index in [1.165, 1.54) is 11.1 Å². The first-order valence-electron chi connectivity index (χ1n) is 6.19. The van der Waals surface area contributed by atoms with Gasteiger partial charge in [0.25, 0.3) is 5.91 Å². The minimum Gasteiger partial charge on any atom is -0.334 e. The van der Waals surface area contributed by atoms with Crippen LogP contribution in [-0.4, -0.2) is 27.5 Å². The molecule has 0 unspecified atom stereocenters. The van der Waals surface area contributed by atoms with E-state index in [9.17, 15) is 4.79 Å². The number of fused-ring (bicyclic) bond motifs is 1. The largest absolute Gasteiger partial charge is 0.334 e. The Labute approximate surface area is 106 Å². The van der Waals surface area contributed by atoms with Crippen LogP contribution in [0.2, 0.25) is 0 Å². The fourth-order valence-corrected chi connectivity index (χ4v) is 2.42. The van der Waals surface area contributed by atoms with E-state index < -0.39 is 0 Å². The molecule has 1 aromatic heterocycles.